The Kier molecular flexibility index (Phi) is 6.82. The Balaban J connectivity index is 2.55. The molecule has 0 bridgehead atoms. The summed E-state index contributed by atoms with van der Waals surface area (Å²) in [5.41, 5.74) is 0. The third-order valence-corrected chi connectivity index (χ3v) is 2.88. The van der Waals surface area contributed by atoms with Gasteiger partial charge in [0.1, 0.15) is 11.6 Å². The van der Waals surface area contributed by atoms with Crippen LogP contribution in [-0.2, 0) is 0 Å². The average Bonchev–Trinajstić information content (AvgIpc) is 2.34. The van der Waals surface area contributed by atoms with Crippen molar-refractivity contribution in [2.45, 2.75) is 18.5 Å². The molecule has 0 unspecified atom stereocenters. The monoisotopic (exact) mass is 269 g/mol. The molecule has 0 aliphatic carbocycles. The van der Waals surface area contributed by atoms with Crippen molar-refractivity contribution in [1.29, 1.82) is 0 Å². The molecule has 0 radical (unpaired) electrons. The molecule has 0 saturated heterocycles. The van der Waals surface area contributed by atoms with Crippen molar-refractivity contribution in [2.75, 3.05) is 50.6 Å². The Morgan fingerprint density at radius 3 is 2.44 bits per heavy atom. The first-order valence-electron chi connectivity index (χ1n) is 6.21. The minimum atomic E-state index is 0.795. The Morgan fingerprint density at radius 2 is 1.89 bits per heavy atom. The van der Waals surface area contributed by atoms with E-state index in [1.54, 1.807) is 11.8 Å². The molecule has 1 aromatic rings. The second-order valence-electron chi connectivity index (χ2n) is 4.24. The van der Waals surface area contributed by atoms with Crippen LogP contribution in [0.15, 0.2) is 11.2 Å². The molecule has 102 valence electrons. The molecule has 0 spiro atoms. The third-order valence-electron chi connectivity index (χ3n) is 2.33. The number of aromatic nitrogens is 2. The van der Waals surface area contributed by atoms with Gasteiger partial charge in [0.15, 0.2) is 5.16 Å². The SMILES string of the molecule is CCNc1cc(NCCCN(C)C)nc(SC)n1. The normalized spacial score (nSPS) is 10.7. The summed E-state index contributed by atoms with van der Waals surface area (Å²) in [6.07, 6.45) is 3.09. The summed E-state index contributed by atoms with van der Waals surface area (Å²) in [6, 6.07) is 1.96. The van der Waals surface area contributed by atoms with E-state index in [9.17, 15) is 0 Å². The van der Waals surface area contributed by atoms with E-state index in [0.29, 0.717) is 0 Å². The van der Waals surface area contributed by atoms with Gasteiger partial charge in [-0.15, -0.1) is 0 Å². The molecule has 1 heterocycles. The second-order valence-corrected chi connectivity index (χ2v) is 5.01. The van der Waals surface area contributed by atoms with Crippen molar-refractivity contribution >= 4 is 23.4 Å². The molecular formula is C12H23N5S. The van der Waals surface area contributed by atoms with E-state index in [2.05, 4.69) is 46.5 Å². The van der Waals surface area contributed by atoms with Crippen LogP contribution in [0.4, 0.5) is 11.6 Å². The first kappa shape index (κ1) is 15.0. The minimum absolute atomic E-state index is 0.795. The quantitative estimate of drug-likeness (QED) is 0.428. The van der Waals surface area contributed by atoms with Crippen molar-refractivity contribution in [3.63, 3.8) is 0 Å². The number of hydrogen-bond donors (Lipinski definition) is 2. The zero-order valence-electron chi connectivity index (χ0n) is 11.7. The van der Waals surface area contributed by atoms with Gasteiger partial charge in [-0.05, 0) is 40.2 Å². The Hall–Kier alpha value is -1.01. The minimum Gasteiger partial charge on any atom is -0.370 e. The van der Waals surface area contributed by atoms with Crippen LogP contribution >= 0.6 is 11.8 Å². The first-order chi connectivity index (χ1) is 8.65. The van der Waals surface area contributed by atoms with Crippen LogP contribution in [0.2, 0.25) is 0 Å². The maximum Gasteiger partial charge on any atom is 0.191 e. The predicted octanol–water partition coefficient (Wildman–Crippen LogP) is 1.99. The lowest BCUT2D eigenvalue weighted by molar-refractivity contribution is 0.405. The van der Waals surface area contributed by atoms with E-state index in [-0.39, 0.29) is 0 Å². The Bertz CT molecular complexity index is 356. The van der Waals surface area contributed by atoms with Crippen LogP contribution in [0.25, 0.3) is 0 Å². The Labute approximate surface area is 114 Å². The molecule has 0 aliphatic heterocycles. The number of rotatable bonds is 8. The zero-order chi connectivity index (χ0) is 13.4. The highest BCUT2D eigenvalue weighted by Crippen LogP contribution is 2.17. The number of anilines is 2. The maximum atomic E-state index is 4.44. The molecule has 0 aliphatic rings. The highest BCUT2D eigenvalue weighted by atomic mass is 32.2. The van der Waals surface area contributed by atoms with E-state index in [1.165, 1.54) is 0 Å². The van der Waals surface area contributed by atoms with Crippen LogP contribution in [0.3, 0.4) is 0 Å². The molecular weight excluding hydrogens is 246 g/mol. The van der Waals surface area contributed by atoms with Crippen molar-refractivity contribution in [3.8, 4) is 0 Å². The molecule has 6 heteroatoms. The smallest absolute Gasteiger partial charge is 0.191 e. The van der Waals surface area contributed by atoms with Crippen LogP contribution in [-0.4, -0.2) is 54.9 Å². The highest BCUT2D eigenvalue weighted by molar-refractivity contribution is 7.98. The molecule has 1 aromatic heterocycles. The molecule has 1 rings (SSSR count). The summed E-state index contributed by atoms with van der Waals surface area (Å²) < 4.78 is 0. The molecule has 0 atom stereocenters. The lowest BCUT2D eigenvalue weighted by Gasteiger charge is -2.11. The van der Waals surface area contributed by atoms with Crippen molar-refractivity contribution in [2.24, 2.45) is 0 Å². The van der Waals surface area contributed by atoms with Crippen LogP contribution in [0, 0.1) is 0 Å². The zero-order valence-corrected chi connectivity index (χ0v) is 12.5. The van der Waals surface area contributed by atoms with E-state index in [1.807, 2.05) is 12.3 Å². The summed E-state index contributed by atoms with van der Waals surface area (Å²) >= 11 is 1.56. The molecule has 0 amide bonds. The topological polar surface area (TPSA) is 53.1 Å². The number of nitrogens with one attached hydrogen (secondary N) is 2. The highest BCUT2D eigenvalue weighted by Gasteiger charge is 2.03. The van der Waals surface area contributed by atoms with Crippen LogP contribution in [0.5, 0.6) is 0 Å². The second kappa shape index (κ2) is 8.16. The molecule has 5 nitrogen and oxygen atoms in total. The Morgan fingerprint density at radius 1 is 1.22 bits per heavy atom. The summed E-state index contributed by atoms with van der Waals surface area (Å²) in [4.78, 5) is 11.0. The third kappa shape index (κ3) is 5.55. The van der Waals surface area contributed by atoms with Crippen LogP contribution < -0.4 is 10.6 Å². The van der Waals surface area contributed by atoms with Gasteiger partial charge in [0.25, 0.3) is 0 Å². The average molecular weight is 269 g/mol. The fourth-order valence-corrected chi connectivity index (χ4v) is 1.87. The van der Waals surface area contributed by atoms with E-state index >= 15 is 0 Å². The summed E-state index contributed by atoms with van der Waals surface area (Å²) in [7, 11) is 4.17. The number of nitrogens with zero attached hydrogens (tertiary/aromatic N) is 3. The van der Waals surface area contributed by atoms with Gasteiger partial charge in [-0.2, -0.15) is 0 Å². The van der Waals surface area contributed by atoms with E-state index in [4.69, 9.17) is 0 Å². The van der Waals surface area contributed by atoms with Gasteiger partial charge < -0.3 is 15.5 Å². The lowest BCUT2D eigenvalue weighted by atomic mass is 10.4. The maximum absolute atomic E-state index is 4.44. The molecule has 0 fully saturated rings. The molecule has 0 aromatic carbocycles. The largest absolute Gasteiger partial charge is 0.370 e. The van der Waals surface area contributed by atoms with Crippen LogP contribution in [0.1, 0.15) is 13.3 Å². The predicted molar refractivity (Wildman–Crippen MR) is 79.6 cm³/mol. The summed E-state index contributed by atoms with van der Waals surface area (Å²) in [6.45, 7) is 4.93. The van der Waals surface area contributed by atoms with Gasteiger partial charge in [-0.1, -0.05) is 11.8 Å². The standard InChI is InChI=1S/C12H23N5S/c1-5-13-10-9-11(16-12(15-10)18-4)14-7-6-8-17(2)3/h9H,5-8H2,1-4H3,(H2,13,14,15,16). The van der Waals surface area contributed by atoms with Gasteiger partial charge in [-0.25, -0.2) is 9.97 Å². The van der Waals surface area contributed by atoms with E-state index in [0.717, 1.165) is 42.8 Å². The summed E-state index contributed by atoms with van der Waals surface area (Å²) in [5.74, 6) is 1.77. The van der Waals surface area contributed by atoms with Gasteiger partial charge in [0, 0.05) is 19.2 Å². The van der Waals surface area contributed by atoms with Crippen molar-refractivity contribution in [3.05, 3.63) is 6.07 Å². The van der Waals surface area contributed by atoms with Gasteiger partial charge in [-0.3, -0.25) is 0 Å². The number of hydrogen-bond acceptors (Lipinski definition) is 6. The number of thioether (sulfide) groups is 1. The molecule has 2 N–H and O–H groups in total. The fourth-order valence-electron chi connectivity index (χ4n) is 1.49. The first-order valence-corrected chi connectivity index (χ1v) is 7.43. The van der Waals surface area contributed by atoms with Gasteiger partial charge in [0.05, 0.1) is 0 Å². The lowest BCUT2D eigenvalue weighted by Crippen LogP contribution is -2.17. The summed E-state index contributed by atoms with van der Waals surface area (Å²) in [5, 5.41) is 7.36. The molecule has 0 saturated carbocycles. The van der Waals surface area contributed by atoms with Gasteiger partial charge >= 0.3 is 0 Å². The van der Waals surface area contributed by atoms with Crippen molar-refractivity contribution in [1.82, 2.24) is 14.9 Å². The van der Waals surface area contributed by atoms with E-state index < -0.39 is 0 Å². The van der Waals surface area contributed by atoms with Crippen molar-refractivity contribution < 1.29 is 0 Å². The molecule has 18 heavy (non-hydrogen) atoms. The van der Waals surface area contributed by atoms with Gasteiger partial charge in [0.2, 0.25) is 0 Å². The fraction of sp³-hybridized carbons (Fsp3) is 0.667.